The molecule has 0 amide bonds. The molecule has 1 aliphatic carbocycles. The Labute approximate surface area is 98.8 Å². The monoisotopic (exact) mass is 269 g/mol. The van der Waals surface area contributed by atoms with Gasteiger partial charge in [-0.1, -0.05) is 28.8 Å². The third-order valence-electron chi connectivity index (χ3n) is 3.00. The van der Waals surface area contributed by atoms with E-state index in [2.05, 4.69) is 21.2 Å². The second-order valence-corrected chi connectivity index (χ2v) is 5.21. The van der Waals surface area contributed by atoms with Crippen molar-refractivity contribution in [1.29, 1.82) is 0 Å². The van der Waals surface area contributed by atoms with E-state index in [1.807, 2.05) is 24.3 Å². The molecule has 0 heterocycles. The third kappa shape index (κ3) is 2.95. The van der Waals surface area contributed by atoms with Crippen molar-refractivity contribution >= 4 is 21.6 Å². The van der Waals surface area contributed by atoms with Crippen molar-refractivity contribution in [2.45, 2.75) is 31.3 Å². The third-order valence-corrected chi connectivity index (χ3v) is 3.53. The van der Waals surface area contributed by atoms with Crippen LogP contribution in [0, 0.1) is 0 Å². The van der Waals surface area contributed by atoms with Crippen LogP contribution in [0.2, 0.25) is 0 Å². The summed E-state index contributed by atoms with van der Waals surface area (Å²) in [4.78, 5) is 0. The zero-order chi connectivity index (χ0) is 10.7. The maximum Gasteiger partial charge on any atom is 0.0819 e. The van der Waals surface area contributed by atoms with Crippen LogP contribution in [0.1, 0.15) is 25.7 Å². The first kappa shape index (κ1) is 11.0. The zero-order valence-electron chi connectivity index (χ0n) is 8.67. The summed E-state index contributed by atoms with van der Waals surface area (Å²) in [5.41, 5.74) is 0.589. The molecule has 0 aliphatic heterocycles. The van der Waals surface area contributed by atoms with E-state index in [0.29, 0.717) is 6.54 Å². The second kappa shape index (κ2) is 4.54. The van der Waals surface area contributed by atoms with Gasteiger partial charge in [0.15, 0.2) is 0 Å². The van der Waals surface area contributed by atoms with Crippen molar-refractivity contribution in [3.8, 4) is 0 Å². The molecule has 0 aromatic heterocycles. The van der Waals surface area contributed by atoms with Gasteiger partial charge in [0.05, 0.1) is 5.60 Å². The van der Waals surface area contributed by atoms with Crippen LogP contribution in [-0.2, 0) is 0 Å². The van der Waals surface area contributed by atoms with Gasteiger partial charge in [0.2, 0.25) is 0 Å². The number of rotatable bonds is 3. The van der Waals surface area contributed by atoms with E-state index in [1.165, 1.54) is 0 Å². The molecular formula is C12H16BrNO. The fraction of sp³-hybridized carbons (Fsp3) is 0.500. The molecule has 1 aromatic rings. The number of hydrogen-bond donors (Lipinski definition) is 2. The van der Waals surface area contributed by atoms with E-state index in [9.17, 15) is 5.11 Å². The van der Waals surface area contributed by atoms with E-state index in [-0.39, 0.29) is 0 Å². The van der Waals surface area contributed by atoms with Gasteiger partial charge in [0.25, 0.3) is 0 Å². The lowest BCUT2D eigenvalue weighted by atomic mass is 10.0. The molecule has 2 rings (SSSR count). The highest BCUT2D eigenvalue weighted by Crippen LogP contribution is 2.29. The Hall–Kier alpha value is -0.540. The van der Waals surface area contributed by atoms with Gasteiger partial charge in [-0.3, -0.25) is 0 Å². The minimum Gasteiger partial charge on any atom is -0.388 e. The van der Waals surface area contributed by atoms with Crippen molar-refractivity contribution in [2.24, 2.45) is 0 Å². The van der Waals surface area contributed by atoms with Crippen molar-refractivity contribution in [2.75, 3.05) is 11.9 Å². The van der Waals surface area contributed by atoms with Gasteiger partial charge in [0, 0.05) is 16.7 Å². The average Bonchev–Trinajstić information content (AvgIpc) is 2.65. The molecule has 1 aromatic carbocycles. The number of hydrogen-bond acceptors (Lipinski definition) is 2. The predicted molar refractivity (Wildman–Crippen MR) is 66.0 cm³/mol. The SMILES string of the molecule is OC1(CNc2ccc(Br)cc2)CCCC1. The van der Waals surface area contributed by atoms with Gasteiger partial charge in [0.1, 0.15) is 0 Å². The maximum atomic E-state index is 10.1. The molecule has 0 radical (unpaired) electrons. The maximum absolute atomic E-state index is 10.1. The molecule has 0 saturated heterocycles. The lowest BCUT2D eigenvalue weighted by Gasteiger charge is -2.23. The van der Waals surface area contributed by atoms with Gasteiger partial charge < -0.3 is 10.4 Å². The number of aliphatic hydroxyl groups is 1. The van der Waals surface area contributed by atoms with Gasteiger partial charge in [-0.2, -0.15) is 0 Å². The Bertz CT molecular complexity index is 317. The lowest BCUT2D eigenvalue weighted by Crippen LogP contribution is -2.33. The molecular weight excluding hydrogens is 254 g/mol. The number of nitrogens with one attached hydrogen (secondary N) is 1. The molecule has 0 bridgehead atoms. The van der Waals surface area contributed by atoms with E-state index >= 15 is 0 Å². The van der Waals surface area contributed by atoms with Gasteiger partial charge in [-0.25, -0.2) is 0 Å². The van der Waals surface area contributed by atoms with Crippen LogP contribution in [-0.4, -0.2) is 17.3 Å². The standard InChI is InChI=1S/C12H16BrNO/c13-10-3-5-11(6-4-10)14-9-12(15)7-1-2-8-12/h3-6,14-15H,1-2,7-9H2. The van der Waals surface area contributed by atoms with E-state index in [0.717, 1.165) is 35.8 Å². The quantitative estimate of drug-likeness (QED) is 0.884. The van der Waals surface area contributed by atoms with Crippen LogP contribution >= 0.6 is 15.9 Å². The van der Waals surface area contributed by atoms with Gasteiger partial charge in [-0.05, 0) is 37.1 Å². The summed E-state index contributed by atoms with van der Waals surface area (Å²) >= 11 is 3.40. The Morgan fingerprint density at radius 1 is 1.20 bits per heavy atom. The molecule has 0 spiro atoms. The largest absolute Gasteiger partial charge is 0.388 e. The van der Waals surface area contributed by atoms with Crippen molar-refractivity contribution in [3.05, 3.63) is 28.7 Å². The fourth-order valence-corrected chi connectivity index (χ4v) is 2.31. The Morgan fingerprint density at radius 2 is 1.80 bits per heavy atom. The van der Waals surface area contributed by atoms with Crippen LogP contribution in [0.15, 0.2) is 28.7 Å². The topological polar surface area (TPSA) is 32.3 Å². The smallest absolute Gasteiger partial charge is 0.0819 e. The van der Waals surface area contributed by atoms with E-state index < -0.39 is 5.60 Å². The van der Waals surface area contributed by atoms with E-state index in [1.54, 1.807) is 0 Å². The Balaban J connectivity index is 1.90. The lowest BCUT2D eigenvalue weighted by molar-refractivity contribution is 0.0615. The summed E-state index contributed by atoms with van der Waals surface area (Å²) in [6, 6.07) is 8.03. The van der Waals surface area contributed by atoms with Crippen molar-refractivity contribution in [3.63, 3.8) is 0 Å². The summed E-state index contributed by atoms with van der Waals surface area (Å²) in [6.07, 6.45) is 4.16. The summed E-state index contributed by atoms with van der Waals surface area (Å²) in [6.45, 7) is 0.661. The van der Waals surface area contributed by atoms with Gasteiger partial charge in [-0.15, -0.1) is 0 Å². The first-order chi connectivity index (χ1) is 7.18. The van der Waals surface area contributed by atoms with Crippen molar-refractivity contribution < 1.29 is 5.11 Å². The molecule has 82 valence electrons. The summed E-state index contributed by atoms with van der Waals surface area (Å²) in [5, 5.41) is 13.4. The minimum atomic E-state index is -0.479. The molecule has 2 nitrogen and oxygen atoms in total. The number of halogens is 1. The zero-order valence-corrected chi connectivity index (χ0v) is 10.3. The number of anilines is 1. The second-order valence-electron chi connectivity index (χ2n) is 4.29. The minimum absolute atomic E-state index is 0.479. The van der Waals surface area contributed by atoms with Crippen LogP contribution < -0.4 is 5.32 Å². The molecule has 15 heavy (non-hydrogen) atoms. The molecule has 0 unspecified atom stereocenters. The first-order valence-corrected chi connectivity index (χ1v) is 6.19. The molecule has 1 saturated carbocycles. The number of benzene rings is 1. The fourth-order valence-electron chi connectivity index (χ4n) is 2.04. The van der Waals surface area contributed by atoms with Crippen LogP contribution in [0.25, 0.3) is 0 Å². The highest BCUT2D eigenvalue weighted by Gasteiger charge is 2.30. The molecule has 2 N–H and O–H groups in total. The van der Waals surface area contributed by atoms with Crippen LogP contribution in [0.3, 0.4) is 0 Å². The normalized spacial score (nSPS) is 19.1. The Morgan fingerprint density at radius 3 is 2.40 bits per heavy atom. The Kier molecular flexibility index (Phi) is 3.32. The average molecular weight is 270 g/mol. The van der Waals surface area contributed by atoms with Gasteiger partial charge >= 0.3 is 0 Å². The predicted octanol–water partition coefficient (Wildman–Crippen LogP) is 3.17. The molecule has 1 aliphatic rings. The van der Waals surface area contributed by atoms with Crippen LogP contribution in [0.5, 0.6) is 0 Å². The van der Waals surface area contributed by atoms with Crippen molar-refractivity contribution in [1.82, 2.24) is 0 Å². The van der Waals surface area contributed by atoms with E-state index in [4.69, 9.17) is 0 Å². The molecule has 3 heteroatoms. The summed E-state index contributed by atoms with van der Waals surface area (Å²) in [7, 11) is 0. The highest BCUT2D eigenvalue weighted by molar-refractivity contribution is 9.10. The summed E-state index contributed by atoms with van der Waals surface area (Å²) < 4.78 is 1.08. The highest BCUT2D eigenvalue weighted by atomic mass is 79.9. The first-order valence-electron chi connectivity index (χ1n) is 5.40. The van der Waals surface area contributed by atoms with Crippen LogP contribution in [0.4, 0.5) is 5.69 Å². The summed E-state index contributed by atoms with van der Waals surface area (Å²) in [5.74, 6) is 0. The molecule has 1 fully saturated rings. The molecule has 0 atom stereocenters.